The zero-order chi connectivity index (χ0) is 14.9. The third kappa shape index (κ3) is 2.87. The van der Waals surface area contributed by atoms with Crippen molar-refractivity contribution in [3.63, 3.8) is 0 Å². The molecule has 1 nitrogen and oxygen atoms in total. The summed E-state index contributed by atoms with van der Waals surface area (Å²) in [6.07, 6.45) is 4.67. The van der Waals surface area contributed by atoms with Crippen molar-refractivity contribution < 1.29 is 0 Å². The van der Waals surface area contributed by atoms with E-state index in [1.807, 2.05) is 0 Å². The molecular formula is C19H23NSi. The number of hydrogen-bond donors (Lipinski definition) is 1. The minimum atomic E-state index is -1.60. The average Bonchev–Trinajstić information content (AvgIpc) is 2.92. The molecule has 0 aliphatic heterocycles. The standard InChI is InChI=1S/C19H23NSi/c1-15(16-9-5-4-6-10-16)20-21(2,3)19-14-13-17-11-7-8-12-18(17)19/h4-15,19-20H,1-3H3/t15-,19?/m1/s1. The summed E-state index contributed by atoms with van der Waals surface area (Å²) in [5.74, 6) is 0. The molecule has 2 aromatic carbocycles. The maximum absolute atomic E-state index is 3.94. The normalized spacial score (nSPS) is 18.5. The Morgan fingerprint density at radius 1 is 0.952 bits per heavy atom. The van der Waals surface area contributed by atoms with E-state index in [1.54, 1.807) is 0 Å². The van der Waals surface area contributed by atoms with Gasteiger partial charge < -0.3 is 4.98 Å². The fourth-order valence-electron chi connectivity index (χ4n) is 3.35. The third-order valence-corrected chi connectivity index (χ3v) is 7.70. The van der Waals surface area contributed by atoms with Gasteiger partial charge in [0.1, 0.15) is 8.24 Å². The van der Waals surface area contributed by atoms with Crippen LogP contribution in [0.1, 0.15) is 35.2 Å². The monoisotopic (exact) mass is 293 g/mol. The minimum Gasteiger partial charge on any atom is -0.330 e. The second kappa shape index (κ2) is 5.62. The second-order valence-corrected chi connectivity index (χ2v) is 10.8. The lowest BCUT2D eigenvalue weighted by Crippen LogP contribution is -2.50. The van der Waals surface area contributed by atoms with Crippen LogP contribution in [-0.2, 0) is 0 Å². The second-order valence-electron chi connectivity index (χ2n) is 6.46. The van der Waals surface area contributed by atoms with E-state index in [1.165, 1.54) is 16.7 Å². The highest BCUT2D eigenvalue weighted by Crippen LogP contribution is 2.36. The van der Waals surface area contributed by atoms with Gasteiger partial charge in [-0.15, -0.1) is 0 Å². The molecule has 1 unspecified atom stereocenters. The maximum atomic E-state index is 3.94. The van der Waals surface area contributed by atoms with E-state index in [9.17, 15) is 0 Å². The van der Waals surface area contributed by atoms with Crippen molar-refractivity contribution in [1.29, 1.82) is 0 Å². The van der Waals surface area contributed by atoms with Crippen molar-refractivity contribution in [1.82, 2.24) is 4.98 Å². The first kappa shape index (κ1) is 14.3. The van der Waals surface area contributed by atoms with Gasteiger partial charge in [0, 0.05) is 11.6 Å². The van der Waals surface area contributed by atoms with Crippen LogP contribution in [0.5, 0.6) is 0 Å². The fraction of sp³-hybridized carbons (Fsp3) is 0.263. The van der Waals surface area contributed by atoms with Crippen molar-refractivity contribution in [3.05, 3.63) is 77.4 Å². The lowest BCUT2D eigenvalue weighted by Gasteiger charge is -2.34. The number of hydrogen-bond acceptors (Lipinski definition) is 1. The highest BCUT2D eigenvalue weighted by molar-refractivity contribution is 6.77. The summed E-state index contributed by atoms with van der Waals surface area (Å²) in [4.78, 5) is 3.94. The Labute approximate surface area is 128 Å². The number of nitrogens with one attached hydrogen (secondary N) is 1. The van der Waals surface area contributed by atoms with Gasteiger partial charge in [0.15, 0.2) is 0 Å². The van der Waals surface area contributed by atoms with E-state index in [-0.39, 0.29) is 0 Å². The van der Waals surface area contributed by atoms with Gasteiger partial charge in [-0.2, -0.15) is 0 Å². The molecule has 2 heteroatoms. The van der Waals surface area contributed by atoms with Crippen LogP contribution in [0, 0.1) is 0 Å². The topological polar surface area (TPSA) is 12.0 Å². The third-order valence-electron chi connectivity index (χ3n) is 4.46. The molecule has 21 heavy (non-hydrogen) atoms. The van der Waals surface area contributed by atoms with Crippen molar-refractivity contribution in [3.8, 4) is 0 Å². The molecule has 1 N–H and O–H groups in total. The molecule has 0 aromatic heterocycles. The fourth-order valence-corrected chi connectivity index (χ4v) is 6.43. The van der Waals surface area contributed by atoms with E-state index >= 15 is 0 Å². The summed E-state index contributed by atoms with van der Waals surface area (Å²) in [5.41, 5.74) is 4.80. The summed E-state index contributed by atoms with van der Waals surface area (Å²) in [5, 5.41) is 0. The highest BCUT2D eigenvalue weighted by atomic mass is 28.3. The summed E-state index contributed by atoms with van der Waals surface area (Å²) in [6, 6.07) is 19.9. The van der Waals surface area contributed by atoms with Crippen LogP contribution < -0.4 is 4.98 Å². The molecule has 0 radical (unpaired) electrons. The van der Waals surface area contributed by atoms with E-state index < -0.39 is 8.24 Å². The Hall–Kier alpha value is -1.64. The van der Waals surface area contributed by atoms with Crippen LogP contribution in [0.2, 0.25) is 13.1 Å². The molecule has 0 saturated heterocycles. The maximum Gasteiger partial charge on any atom is 0.131 e. The molecule has 0 amide bonds. The number of fused-ring (bicyclic) bond motifs is 1. The van der Waals surface area contributed by atoms with Crippen LogP contribution in [0.3, 0.4) is 0 Å². The average molecular weight is 293 g/mol. The van der Waals surface area contributed by atoms with E-state index in [4.69, 9.17) is 0 Å². The Balaban J connectivity index is 1.81. The van der Waals surface area contributed by atoms with Crippen LogP contribution in [-0.4, -0.2) is 8.24 Å². The van der Waals surface area contributed by atoms with Crippen LogP contribution >= 0.6 is 0 Å². The summed E-state index contributed by atoms with van der Waals surface area (Å²) >= 11 is 0. The van der Waals surface area contributed by atoms with E-state index in [2.05, 4.69) is 91.7 Å². The Morgan fingerprint density at radius 2 is 1.62 bits per heavy atom. The number of benzene rings is 2. The Morgan fingerprint density at radius 3 is 2.38 bits per heavy atom. The van der Waals surface area contributed by atoms with Gasteiger partial charge in [-0.3, -0.25) is 0 Å². The van der Waals surface area contributed by atoms with E-state index in [0.717, 1.165) is 0 Å². The summed E-state index contributed by atoms with van der Waals surface area (Å²) in [7, 11) is -1.60. The Bertz CT molecular complexity index is 646. The quantitative estimate of drug-likeness (QED) is 0.791. The van der Waals surface area contributed by atoms with Crippen LogP contribution in [0.25, 0.3) is 6.08 Å². The SMILES string of the molecule is C[C@@H](N[Si](C)(C)C1C=Cc2ccccc21)c1ccccc1. The zero-order valence-corrected chi connectivity index (χ0v) is 14.0. The first-order chi connectivity index (χ1) is 10.1. The summed E-state index contributed by atoms with van der Waals surface area (Å²) in [6.45, 7) is 7.14. The smallest absolute Gasteiger partial charge is 0.131 e. The largest absolute Gasteiger partial charge is 0.330 e. The molecule has 2 atom stereocenters. The molecule has 1 aliphatic carbocycles. The van der Waals surface area contributed by atoms with Gasteiger partial charge in [0.2, 0.25) is 0 Å². The molecule has 108 valence electrons. The van der Waals surface area contributed by atoms with Gasteiger partial charge in [-0.1, -0.05) is 79.8 Å². The lowest BCUT2D eigenvalue weighted by atomic mass is 10.1. The van der Waals surface area contributed by atoms with Gasteiger partial charge in [0.25, 0.3) is 0 Å². The van der Waals surface area contributed by atoms with Crippen LogP contribution in [0.4, 0.5) is 0 Å². The number of rotatable bonds is 4. The van der Waals surface area contributed by atoms with Crippen molar-refractivity contribution in [2.75, 3.05) is 0 Å². The molecule has 0 spiro atoms. The Kier molecular flexibility index (Phi) is 3.83. The van der Waals surface area contributed by atoms with Gasteiger partial charge in [-0.05, 0) is 23.6 Å². The summed E-state index contributed by atoms with van der Waals surface area (Å²) < 4.78 is 0. The molecule has 2 aromatic rings. The lowest BCUT2D eigenvalue weighted by molar-refractivity contribution is 0.706. The molecule has 0 fully saturated rings. The first-order valence-corrected chi connectivity index (χ1v) is 10.8. The van der Waals surface area contributed by atoms with Crippen molar-refractivity contribution in [2.24, 2.45) is 0 Å². The molecule has 0 heterocycles. The predicted octanol–water partition coefficient (Wildman–Crippen LogP) is 4.89. The van der Waals surface area contributed by atoms with E-state index in [0.29, 0.717) is 11.6 Å². The predicted molar refractivity (Wildman–Crippen MR) is 93.7 cm³/mol. The molecule has 0 bridgehead atoms. The molecule has 3 rings (SSSR count). The molecule has 0 saturated carbocycles. The zero-order valence-electron chi connectivity index (χ0n) is 13.0. The number of allylic oxidation sites excluding steroid dienone is 1. The first-order valence-electron chi connectivity index (χ1n) is 7.68. The van der Waals surface area contributed by atoms with Crippen molar-refractivity contribution in [2.45, 2.75) is 31.6 Å². The van der Waals surface area contributed by atoms with Gasteiger partial charge in [-0.25, -0.2) is 0 Å². The van der Waals surface area contributed by atoms with Gasteiger partial charge in [0.05, 0.1) is 0 Å². The molecular weight excluding hydrogens is 270 g/mol. The van der Waals surface area contributed by atoms with Gasteiger partial charge >= 0.3 is 0 Å². The highest BCUT2D eigenvalue weighted by Gasteiger charge is 2.35. The minimum absolute atomic E-state index is 0.397. The van der Waals surface area contributed by atoms with Crippen molar-refractivity contribution >= 4 is 14.3 Å². The molecule has 1 aliphatic rings. The van der Waals surface area contributed by atoms with Crippen LogP contribution in [0.15, 0.2) is 60.7 Å².